The summed E-state index contributed by atoms with van der Waals surface area (Å²) < 4.78 is 7.48. The first-order chi connectivity index (χ1) is 9.66. The second-order valence-electron chi connectivity index (χ2n) is 5.94. The summed E-state index contributed by atoms with van der Waals surface area (Å²) in [5, 5.41) is 11.4. The molecule has 0 aromatic carbocycles. The minimum absolute atomic E-state index is 0.0387. The van der Waals surface area contributed by atoms with Gasteiger partial charge in [-0.3, -0.25) is 4.79 Å². The van der Waals surface area contributed by atoms with Gasteiger partial charge >= 0.3 is 0 Å². The van der Waals surface area contributed by atoms with E-state index in [-0.39, 0.29) is 12.0 Å². The van der Waals surface area contributed by atoms with Crippen molar-refractivity contribution in [2.24, 2.45) is 13.0 Å². The second kappa shape index (κ2) is 5.52. The molecule has 1 aromatic rings. The van der Waals surface area contributed by atoms with Crippen molar-refractivity contribution in [1.82, 2.24) is 20.1 Å². The highest BCUT2D eigenvalue weighted by Gasteiger charge is 2.31. The quantitative estimate of drug-likeness (QED) is 0.896. The predicted octanol–water partition coefficient (Wildman–Crippen LogP) is 1.12. The van der Waals surface area contributed by atoms with Crippen LogP contribution in [0.3, 0.4) is 0 Å². The lowest BCUT2D eigenvalue weighted by Crippen LogP contribution is -2.37. The summed E-state index contributed by atoms with van der Waals surface area (Å²) in [5.41, 5.74) is 0. The number of ether oxygens (including phenoxy) is 1. The highest BCUT2D eigenvalue weighted by molar-refractivity contribution is 5.81. The van der Waals surface area contributed by atoms with Crippen LogP contribution < -0.4 is 5.32 Å². The third kappa shape index (κ3) is 2.44. The van der Waals surface area contributed by atoms with Crippen LogP contribution >= 0.6 is 0 Å². The molecule has 1 amide bonds. The van der Waals surface area contributed by atoms with E-state index in [0.717, 1.165) is 18.1 Å². The summed E-state index contributed by atoms with van der Waals surface area (Å²) in [4.78, 5) is 12.1. The number of hydrogen-bond donors (Lipinski definition) is 1. The Balaban J connectivity index is 1.58. The molecule has 1 aromatic heterocycles. The van der Waals surface area contributed by atoms with Gasteiger partial charge in [-0.15, -0.1) is 10.2 Å². The molecule has 0 spiro atoms. The topological polar surface area (TPSA) is 69.0 Å². The first-order valence-corrected chi connectivity index (χ1v) is 7.44. The van der Waals surface area contributed by atoms with Crippen LogP contribution in [-0.4, -0.2) is 33.4 Å². The Morgan fingerprint density at radius 1 is 1.40 bits per heavy atom. The van der Waals surface area contributed by atoms with Crippen LogP contribution in [0, 0.1) is 5.92 Å². The second-order valence-corrected chi connectivity index (χ2v) is 5.94. The molecule has 110 valence electrons. The van der Waals surface area contributed by atoms with Crippen molar-refractivity contribution in [3.8, 4) is 0 Å². The third-order valence-electron chi connectivity index (χ3n) is 4.54. The van der Waals surface area contributed by atoms with E-state index in [9.17, 15) is 4.79 Å². The van der Waals surface area contributed by atoms with E-state index in [4.69, 9.17) is 4.74 Å². The van der Waals surface area contributed by atoms with E-state index in [1.54, 1.807) is 0 Å². The minimum Gasteiger partial charge on any atom is -0.368 e. The Hall–Kier alpha value is -1.43. The molecule has 1 aliphatic heterocycles. The molecule has 2 fully saturated rings. The zero-order chi connectivity index (χ0) is 14.1. The average molecular weight is 278 g/mol. The highest BCUT2D eigenvalue weighted by atomic mass is 16.5. The van der Waals surface area contributed by atoms with Gasteiger partial charge in [-0.2, -0.15) is 0 Å². The van der Waals surface area contributed by atoms with Crippen molar-refractivity contribution in [3.63, 3.8) is 0 Å². The standard InChI is InChI=1S/C14H22N4O2/c1-9-6-7-20-12(9)14(19)15-8-11-16-17-13(18(11)2)10-4-3-5-10/h9-10,12H,3-8H2,1-2H3,(H,15,19)/t9-,12-/m1/s1. The SMILES string of the molecule is C[C@@H]1CCO[C@H]1C(=O)NCc1nnc(C2CCC2)n1C. The van der Waals surface area contributed by atoms with E-state index < -0.39 is 0 Å². The molecular formula is C14H22N4O2. The fraction of sp³-hybridized carbons (Fsp3) is 0.786. The maximum Gasteiger partial charge on any atom is 0.249 e. The lowest BCUT2D eigenvalue weighted by atomic mass is 9.85. The largest absolute Gasteiger partial charge is 0.368 e. The van der Waals surface area contributed by atoms with Gasteiger partial charge in [-0.25, -0.2) is 0 Å². The monoisotopic (exact) mass is 278 g/mol. The van der Waals surface area contributed by atoms with Crippen molar-refractivity contribution in [3.05, 3.63) is 11.6 Å². The fourth-order valence-electron chi connectivity index (χ4n) is 2.85. The Morgan fingerprint density at radius 2 is 2.20 bits per heavy atom. The molecule has 0 unspecified atom stereocenters. The number of rotatable bonds is 4. The van der Waals surface area contributed by atoms with Gasteiger partial charge in [0.15, 0.2) is 5.82 Å². The number of nitrogens with zero attached hydrogens (tertiary/aromatic N) is 3. The van der Waals surface area contributed by atoms with Gasteiger partial charge in [-0.05, 0) is 25.2 Å². The molecule has 1 saturated heterocycles. The van der Waals surface area contributed by atoms with Crippen molar-refractivity contribution < 1.29 is 9.53 Å². The zero-order valence-corrected chi connectivity index (χ0v) is 12.1. The molecule has 2 aliphatic rings. The van der Waals surface area contributed by atoms with Crippen LogP contribution in [0.2, 0.25) is 0 Å². The van der Waals surface area contributed by atoms with E-state index in [1.807, 2.05) is 18.5 Å². The maximum absolute atomic E-state index is 12.1. The first-order valence-electron chi connectivity index (χ1n) is 7.44. The van der Waals surface area contributed by atoms with Gasteiger partial charge in [0, 0.05) is 19.6 Å². The Bertz CT molecular complexity index is 495. The Morgan fingerprint density at radius 3 is 2.80 bits per heavy atom. The molecule has 6 nitrogen and oxygen atoms in total. The van der Waals surface area contributed by atoms with Crippen molar-refractivity contribution in [1.29, 1.82) is 0 Å². The summed E-state index contributed by atoms with van der Waals surface area (Å²) in [6, 6.07) is 0. The van der Waals surface area contributed by atoms with Gasteiger partial charge in [-0.1, -0.05) is 13.3 Å². The van der Waals surface area contributed by atoms with Crippen molar-refractivity contribution >= 4 is 5.91 Å². The van der Waals surface area contributed by atoms with Crippen molar-refractivity contribution in [2.75, 3.05) is 6.61 Å². The van der Waals surface area contributed by atoms with Crippen LogP contribution in [0.5, 0.6) is 0 Å². The molecule has 0 bridgehead atoms. The fourth-order valence-corrected chi connectivity index (χ4v) is 2.85. The van der Waals surface area contributed by atoms with Gasteiger partial charge in [0.2, 0.25) is 5.91 Å². The van der Waals surface area contributed by atoms with E-state index in [1.165, 1.54) is 19.3 Å². The van der Waals surface area contributed by atoms with Gasteiger partial charge in [0.05, 0.1) is 6.54 Å². The molecule has 2 atom stereocenters. The Labute approximate surface area is 118 Å². The molecule has 0 radical (unpaired) electrons. The summed E-state index contributed by atoms with van der Waals surface area (Å²) >= 11 is 0. The van der Waals surface area contributed by atoms with Crippen LogP contribution in [0.1, 0.15) is 50.2 Å². The molecule has 3 rings (SSSR count). The van der Waals surface area contributed by atoms with Crippen molar-refractivity contribution in [2.45, 2.75) is 51.2 Å². The van der Waals surface area contributed by atoms with E-state index in [0.29, 0.717) is 25.0 Å². The number of amides is 1. The van der Waals surface area contributed by atoms with Crippen LogP contribution in [0.4, 0.5) is 0 Å². The average Bonchev–Trinajstić information content (AvgIpc) is 2.93. The lowest BCUT2D eigenvalue weighted by molar-refractivity contribution is -0.131. The number of aromatic nitrogens is 3. The molecule has 1 N–H and O–H groups in total. The number of nitrogens with one attached hydrogen (secondary N) is 1. The van der Waals surface area contributed by atoms with E-state index >= 15 is 0 Å². The summed E-state index contributed by atoms with van der Waals surface area (Å²) in [6.07, 6.45) is 4.32. The highest BCUT2D eigenvalue weighted by Crippen LogP contribution is 2.35. The molecular weight excluding hydrogens is 256 g/mol. The molecule has 2 heterocycles. The predicted molar refractivity (Wildman–Crippen MR) is 73.0 cm³/mol. The van der Waals surface area contributed by atoms with Crippen LogP contribution in [-0.2, 0) is 23.1 Å². The zero-order valence-electron chi connectivity index (χ0n) is 12.1. The summed E-state index contributed by atoms with van der Waals surface area (Å²) in [7, 11) is 1.98. The first kappa shape index (κ1) is 13.5. The normalized spacial score (nSPS) is 26.5. The number of carbonyl (C=O) groups is 1. The van der Waals surface area contributed by atoms with Crippen LogP contribution in [0.15, 0.2) is 0 Å². The lowest BCUT2D eigenvalue weighted by Gasteiger charge is -2.24. The third-order valence-corrected chi connectivity index (χ3v) is 4.54. The summed E-state index contributed by atoms with van der Waals surface area (Å²) in [5.74, 6) is 2.66. The maximum atomic E-state index is 12.1. The summed E-state index contributed by atoms with van der Waals surface area (Å²) in [6.45, 7) is 3.14. The molecule has 1 saturated carbocycles. The van der Waals surface area contributed by atoms with Gasteiger partial charge in [0.1, 0.15) is 11.9 Å². The minimum atomic E-state index is -0.311. The smallest absolute Gasteiger partial charge is 0.249 e. The molecule has 20 heavy (non-hydrogen) atoms. The van der Waals surface area contributed by atoms with Crippen LogP contribution in [0.25, 0.3) is 0 Å². The molecule has 1 aliphatic carbocycles. The van der Waals surface area contributed by atoms with E-state index in [2.05, 4.69) is 15.5 Å². The Kier molecular flexibility index (Phi) is 3.74. The van der Waals surface area contributed by atoms with Gasteiger partial charge in [0.25, 0.3) is 0 Å². The molecule has 6 heteroatoms. The van der Waals surface area contributed by atoms with Gasteiger partial charge < -0.3 is 14.6 Å². The number of hydrogen-bond acceptors (Lipinski definition) is 4. The number of carbonyl (C=O) groups excluding carboxylic acids is 1.